The molecule has 4 unspecified atom stereocenters. The molecule has 4 aliphatic heterocycles. The number of aromatic nitrogens is 8. The van der Waals surface area contributed by atoms with Gasteiger partial charge in [0.15, 0.2) is 11.6 Å². The minimum Gasteiger partial charge on any atom is -0.380 e. The molecule has 16 heteroatoms. The Bertz CT molecular complexity index is 2330. The number of halogens is 2. The smallest absolute Gasteiger partial charge is 0.216 e. The van der Waals surface area contributed by atoms with Crippen molar-refractivity contribution >= 4 is 23.1 Å². The van der Waals surface area contributed by atoms with Crippen molar-refractivity contribution in [2.45, 2.75) is 63.8 Å². The van der Waals surface area contributed by atoms with E-state index in [0.717, 1.165) is 91.5 Å². The van der Waals surface area contributed by atoms with Gasteiger partial charge in [0.25, 0.3) is 0 Å². The zero-order valence-corrected chi connectivity index (χ0v) is 35.4. The van der Waals surface area contributed by atoms with Crippen molar-refractivity contribution in [2.24, 2.45) is 0 Å². The van der Waals surface area contributed by atoms with Crippen LogP contribution in [-0.4, -0.2) is 106 Å². The normalized spacial score (nSPS) is 20.7. The third-order valence-corrected chi connectivity index (χ3v) is 12.4. The highest BCUT2D eigenvalue weighted by Gasteiger charge is 2.31. The third kappa shape index (κ3) is 8.61. The number of ether oxygens (including phenoxy) is 2. The number of pyridine rings is 4. The lowest BCUT2D eigenvalue weighted by Crippen LogP contribution is -2.36. The number of hydrogen-bond acceptors (Lipinski definition) is 14. The van der Waals surface area contributed by atoms with E-state index in [9.17, 15) is 8.78 Å². The Morgan fingerprint density at radius 3 is 1.65 bits per heavy atom. The summed E-state index contributed by atoms with van der Waals surface area (Å²) in [7, 11) is 3.44. The number of methoxy groups -OCH3 is 2. The SMILES string of the molecule is COC1CCN(c2cc(F)cc(N3CCc4nc(-c5ccccn5)ncc4C3C)n2)C1.COC1CCN(c2cc(F)nc(N3CCc4nc(-c5ccccn5)ncc4C3C)c2)C1. The molecule has 4 atom stereocenters. The first-order valence-electron chi connectivity index (χ1n) is 21.2. The molecule has 0 aromatic carbocycles. The molecule has 0 aliphatic carbocycles. The fraction of sp³-hybridized carbons (Fsp3) is 0.391. The highest BCUT2D eigenvalue weighted by atomic mass is 19.1. The maximum Gasteiger partial charge on any atom is 0.216 e. The monoisotopic (exact) mass is 840 g/mol. The quantitative estimate of drug-likeness (QED) is 0.148. The molecule has 0 radical (unpaired) electrons. The van der Waals surface area contributed by atoms with Gasteiger partial charge >= 0.3 is 0 Å². The summed E-state index contributed by atoms with van der Waals surface area (Å²) in [4.78, 5) is 44.8. The predicted octanol–water partition coefficient (Wildman–Crippen LogP) is 6.84. The summed E-state index contributed by atoms with van der Waals surface area (Å²) in [6.07, 6.45) is 10.9. The maximum atomic E-state index is 14.5. The van der Waals surface area contributed by atoms with Crippen LogP contribution < -0.4 is 19.6 Å². The van der Waals surface area contributed by atoms with Crippen molar-refractivity contribution < 1.29 is 18.3 Å². The molecule has 0 amide bonds. The van der Waals surface area contributed by atoms with Crippen LogP contribution in [0.3, 0.4) is 0 Å². The van der Waals surface area contributed by atoms with Crippen LogP contribution >= 0.6 is 0 Å². The number of anilines is 4. The number of hydrogen-bond donors (Lipinski definition) is 0. The Kier molecular flexibility index (Phi) is 11.9. The van der Waals surface area contributed by atoms with Gasteiger partial charge in [0.2, 0.25) is 5.95 Å². The molecule has 14 nitrogen and oxygen atoms in total. The van der Waals surface area contributed by atoms with Crippen molar-refractivity contribution in [3.63, 3.8) is 0 Å². The van der Waals surface area contributed by atoms with Gasteiger partial charge in [0, 0.05) is 132 Å². The van der Waals surface area contributed by atoms with Gasteiger partial charge in [-0.15, -0.1) is 0 Å². The molecule has 6 aromatic rings. The van der Waals surface area contributed by atoms with Gasteiger partial charge in [-0.2, -0.15) is 4.39 Å². The van der Waals surface area contributed by atoms with E-state index in [1.54, 1.807) is 26.6 Å². The maximum absolute atomic E-state index is 14.5. The van der Waals surface area contributed by atoms with E-state index in [2.05, 4.69) is 58.4 Å². The zero-order chi connectivity index (χ0) is 42.7. The van der Waals surface area contributed by atoms with Crippen molar-refractivity contribution in [2.75, 3.05) is 73.1 Å². The molecule has 62 heavy (non-hydrogen) atoms. The van der Waals surface area contributed by atoms with E-state index in [1.165, 1.54) is 18.2 Å². The van der Waals surface area contributed by atoms with Crippen LogP contribution in [0.15, 0.2) is 85.5 Å². The van der Waals surface area contributed by atoms with Gasteiger partial charge in [0.1, 0.15) is 34.7 Å². The van der Waals surface area contributed by atoms with Gasteiger partial charge in [-0.05, 0) is 51.0 Å². The fourth-order valence-electron chi connectivity index (χ4n) is 8.85. The highest BCUT2D eigenvalue weighted by molar-refractivity contribution is 5.59. The summed E-state index contributed by atoms with van der Waals surface area (Å²) in [5.74, 6) is 2.47. The highest BCUT2D eigenvalue weighted by Crippen LogP contribution is 2.36. The molecular weight excluding hydrogens is 791 g/mol. The second-order valence-electron chi connectivity index (χ2n) is 16.1. The van der Waals surface area contributed by atoms with Crippen molar-refractivity contribution in [3.05, 3.63) is 120 Å². The molecule has 4 aliphatic rings. The Balaban J connectivity index is 0.000000158. The van der Waals surface area contributed by atoms with Gasteiger partial charge in [0.05, 0.1) is 35.7 Å². The summed E-state index contributed by atoms with van der Waals surface area (Å²) in [5, 5.41) is 0. The van der Waals surface area contributed by atoms with E-state index in [1.807, 2.05) is 54.9 Å². The number of nitrogens with zero attached hydrogens (tertiary/aromatic N) is 12. The summed E-state index contributed by atoms with van der Waals surface area (Å²) in [6, 6.07) is 17.9. The molecule has 0 spiro atoms. The van der Waals surface area contributed by atoms with Crippen LogP contribution in [-0.2, 0) is 22.3 Å². The predicted molar refractivity (Wildman–Crippen MR) is 233 cm³/mol. The fourth-order valence-corrected chi connectivity index (χ4v) is 8.85. The topological polar surface area (TPSA) is 135 Å². The van der Waals surface area contributed by atoms with E-state index in [0.29, 0.717) is 42.2 Å². The average Bonchev–Trinajstić information content (AvgIpc) is 4.01. The summed E-state index contributed by atoms with van der Waals surface area (Å²) in [6.45, 7) is 8.76. The molecule has 10 heterocycles. The Morgan fingerprint density at radius 2 is 1.11 bits per heavy atom. The van der Waals surface area contributed by atoms with Gasteiger partial charge < -0.3 is 29.1 Å². The first-order valence-corrected chi connectivity index (χ1v) is 21.2. The van der Waals surface area contributed by atoms with Gasteiger partial charge in [-0.3, -0.25) is 9.97 Å². The summed E-state index contributed by atoms with van der Waals surface area (Å²) < 4.78 is 39.9. The Hall–Kier alpha value is -6.26. The minimum absolute atomic E-state index is 0.00557. The largest absolute Gasteiger partial charge is 0.380 e. The van der Waals surface area contributed by atoms with E-state index in [4.69, 9.17) is 24.4 Å². The zero-order valence-electron chi connectivity index (χ0n) is 35.4. The summed E-state index contributed by atoms with van der Waals surface area (Å²) >= 11 is 0. The number of fused-ring (bicyclic) bond motifs is 2. The van der Waals surface area contributed by atoms with E-state index in [-0.39, 0.29) is 30.1 Å². The van der Waals surface area contributed by atoms with Crippen molar-refractivity contribution in [1.82, 2.24) is 39.9 Å². The standard InChI is InChI=1S/2C23H25FN6O/c1-15-18-13-26-23(20-5-3-4-8-25-20)27-19(18)7-10-30(15)22-12-16(11-21(24)28-22)29-9-6-17(14-29)31-2;1-15-18-13-26-23(20-5-3-4-8-25-20)27-19(18)7-10-30(15)22-12-16(24)11-21(28-22)29-9-6-17(14-29)31-2/h2*3-5,8,11-13,15,17H,6-7,9-10,14H2,1-2H3. The lowest BCUT2D eigenvalue weighted by molar-refractivity contribution is 0.121. The van der Waals surface area contributed by atoms with Crippen LogP contribution in [0, 0.1) is 11.8 Å². The van der Waals surface area contributed by atoms with E-state index >= 15 is 0 Å². The Labute approximate surface area is 360 Å². The molecule has 2 fully saturated rings. The van der Waals surface area contributed by atoms with Crippen molar-refractivity contribution in [1.29, 1.82) is 0 Å². The molecular formula is C46H50F2N12O2. The molecule has 0 N–H and O–H groups in total. The molecule has 0 saturated carbocycles. The van der Waals surface area contributed by atoms with Crippen LogP contribution in [0.2, 0.25) is 0 Å². The summed E-state index contributed by atoms with van der Waals surface area (Å²) in [5.41, 5.74) is 6.48. The lowest BCUT2D eigenvalue weighted by atomic mass is 9.99. The minimum atomic E-state index is -0.465. The molecule has 10 rings (SSSR count). The molecule has 0 bridgehead atoms. The second kappa shape index (κ2) is 18.0. The lowest BCUT2D eigenvalue weighted by Gasteiger charge is -2.36. The first kappa shape index (κ1) is 41.1. The van der Waals surface area contributed by atoms with Crippen LogP contribution in [0.1, 0.15) is 61.3 Å². The molecule has 6 aromatic heterocycles. The average molecular weight is 841 g/mol. The van der Waals surface area contributed by atoms with Crippen LogP contribution in [0.25, 0.3) is 23.0 Å². The molecule has 320 valence electrons. The van der Waals surface area contributed by atoms with E-state index < -0.39 is 5.95 Å². The van der Waals surface area contributed by atoms with Crippen LogP contribution in [0.5, 0.6) is 0 Å². The number of rotatable bonds is 8. The first-order chi connectivity index (χ1) is 30.2. The van der Waals surface area contributed by atoms with Crippen LogP contribution in [0.4, 0.5) is 31.9 Å². The Morgan fingerprint density at radius 1 is 0.581 bits per heavy atom. The van der Waals surface area contributed by atoms with Gasteiger partial charge in [-0.1, -0.05) is 12.1 Å². The second-order valence-corrected chi connectivity index (χ2v) is 16.1. The van der Waals surface area contributed by atoms with Crippen molar-refractivity contribution in [3.8, 4) is 23.0 Å². The van der Waals surface area contributed by atoms with Gasteiger partial charge in [-0.25, -0.2) is 34.3 Å². The molecule has 2 saturated heterocycles. The third-order valence-electron chi connectivity index (χ3n) is 12.4.